The van der Waals surface area contributed by atoms with E-state index < -0.39 is 0 Å². The highest BCUT2D eigenvalue weighted by molar-refractivity contribution is 7.15. The summed E-state index contributed by atoms with van der Waals surface area (Å²) in [5.74, 6) is 0. The Labute approximate surface area is 94.3 Å². The van der Waals surface area contributed by atoms with Crippen molar-refractivity contribution in [2.75, 3.05) is 31.7 Å². The van der Waals surface area contributed by atoms with Crippen molar-refractivity contribution in [3.05, 3.63) is 11.1 Å². The fraction of sp³-hybridized carbons (Fsp3) is 0.700. The maximum absolute atomic E-state index is 5.41. The average Bonchev–Trinajstić information content (AvgIpc) is 2.68. The van der Waals surface area contributed by atoms with Crippen molar-refractivity contribution in [1.29, 1.82) is 0 Å². The molecule has 0 saturated carbocycles. The minimum absolute atomic E-state index is 0.437. The minimum atomic E-state index is 0.437. The van der Waals surface area contributed by atoms with Crippen LogP contribution in [0.1, 0.15) is 11.8 Å². The van der Waals surface area contributed by atoms with Crippen molar-refractivity contribution in [1.82, 2.24) is 10.3 Å². The third-order valence-corrected chi connectivity index (χ3v) is 3.54. The molecule has 5 heteroatoms. The van der Waals surface area contributed by atoms with E-state index in [4.69, 9.17) is 4.74 Å². The third-order valence-electron chi connectivity index (χ3n) is 2.51. The summed E-state index contributed by atoms with van der Waals surface area (Å²) < 4.78 is 5.41. The molecule has 2 rings (SSSR count). The van der Waals surface area contributed by atoms with Crippen LogP contribution in [0.5, 0.6) is 0 Å². The first-order valence-corrected chi connectivity index (χ1v) is 6.06. The number of hydrogen-bond acceptors (Lipinski definition) is 5. The van der Waals surface area contributed by atoms with Gasteiger partial charge in [-0.15, -0.1) is 11.3 Å². The van der Waals surface area contributed by atoms with Gasteiger partial charge in [0.25, 0.3) is 0 Å². The molecule has 15 heavy (non-hydrogen) atoms. The smallest absolute Gasteiger partial charge is 0.185 e. The molecule has 1 aliphatic heterocycles. The standard InChI is InChI=1S/C10H17N3OS/c1-8-7-14-4-3-13(8)10-12-6-9(15-10)5-11-2/h6,8,11H,3-5,7H2,1-2H3. The lowest BCUT2D eigenvalue weighted by Gasteiger charge is -2.32. The molecule has 1 aromatic heterocycles. The number of ether oxygens (including phenoxy) is 1. The van der Waals surface area contributed by atoms with Gasteiger partial charge in [-0.25, -0.2) is 4.98 Å². The Kier molecular flexibility index (Phi) is 3.56. The van der Waals surface area contributed by atoms with Crippen molar-refractivity contribution in [2.24, 2.45) is 0 Å². The van der Waals surface area contributed by atoms with E-state index in [2.05, 4.69) is 22.1 Å². The lowest BCUT2D eigenvalue weighted by atomic mass is 10.3. The van der Waals surface area contributed by atoms with Crippen LogP contribution in [0.2, 0.25) is 0 Å². The molecule has 0 radical (unpaired) electrons. The molecule has 0 amide bonds. The van der Waals surface area contributed by atoms with Crippen LogP contribution in [0.25, 0.3) is 0 Å². The quantitative estimate of drug-likeness (QED) is 0.838. The van der Waals surface area contributed by atoms with Gasteiger partial charge in [-0.3, -0.25) is 0 Å². The van der Waals surface area contributed by atoms with Crippen molar-refractivity contribution in [3.8, 4) is 0 Å². The number of aromatic nitrogens is 1. The van der Waals surface area contributed by atoms with Gasteiger partial charge in [-0.1, -0.05) is 0 Å². The van der Waals surface area contributed by atoms with Crippen LogP contribution < -0.4 is 10.2 Å². The van der Waals surface area contributed by atoms with Gasteiger partial charge in [0.2, 0.25) is 0 Å². The van der Waals surface area contributed by atoms with Crippen LogP contribution in [0.15, 0.2) is 6.20 Å². The number of nitrogens with zero attached hydrogens (tertiary/aromatic N) is 2. The maximum atomic E-state index is 5.41. The highest BCUT2D eigenvalue weighted by atomic mass is 32.1. The molecule has 84 valence electrons. The second kappa shape index (κ2) is 4.92. The zero-order valence-corrected chi connectivity index (χ0v) is 10.0. The molecule has 4 nitrogen and oxygen atoms in total. The Balaban J connectivity index is 2.06. The normalized spacial score (nSPS) is 22.0. The first kappa shape index (κ1) is 10.9. The van der Waals surface area contributed by atoms with Crippen molar-refractivity contribution < 1.29 is 4.74 Å². The fourth-order valence-electron chi connectivity index (χ4n) is 1.70. The predicted molar refractivity (Wildman–Crippen MR) is 62.5 cm³/mol. The lowest BCUT2D eigenvalue weighted by molar-refractivity contribution is 0.0989. The molecule has 1 N–H and O–H groups in total. The molecule has 0 aliphatic carbocycles. The number of nitrogens with one attached hydrogen (secondary N) is 1. The average molecular weight is 227 g/mol. The second-order valence-electron chi connectivity index (χ2n) is 3.76. The monoisotopic (exact) mass is 227 g/mol. The lowest BCUT2D eigenvalue weighted by Crippen LogP contribution is -2.43. The molecule has 1 unspecified atom stereocenters. The molecule has 1 atom stereocenters. The van der Waals surface area contributed by atoms with Gasteiger partial charge in [0, 0.05) is 24.2 Å². The van der Waals surface area contributed by atoms with Crippen LogP contribution in [-0.2, 0) is 11.3 Å². The fourth-order valence-corrected chi connectivity index (χ4v) is 2.75. The molecule has 1 aliphatic rings. The summed E-state index contributed by atoms with van der Waals surface area (Å²) in [6.45, 7) is 5.65. The molecule has 0 aromatic carbocycles. The maximum Gasteiger partial charge on any atom is 0.185 e. The Hall–Kier alpha value is -0.650. The van der Waals surface area contributed by atoms with Crippen molar-refractivity contribution in [2.45, 2.75) is 19.5 Å². The molecule has 0 spiro atoms. The summed E-state index contributed by atoms with van der Waals surface area (Å²) in [6.07, 6.45) is 1.96. The van der Waals surface area contributed by atoms with E-state index in [9.17, 15) is 0 Å². The van der Waals surface area contributed by atoms with Crippen LogP contribution in [0.4, 0.5) is 5.13 Å². The van der Waals surface area contributed by atoms with Gasteiger partial charge in [0.15, 0.2) is 5.13 Å². The van der Waals surface area contributed by atoms with Crippen LogP contribution >= 0.6 is 11.3 Å². The van der Waals surface area contributed by atoms with Crippen LogP contribution in [0.3, 0.4) is 0 Å². The summed E-state index contributed by atoms with van der Waals surface area (Å²) in [7, 11) is 1.96. The van der Waals surface area contributed by atoms with Crippen LogP contribution in [0, 0.1) is 0 Å². The number of thiazole rings is 1. The van der Waals surface area contributed by atoms with Gasteiger partial charge in [-0.05, 0) is 14.0 Å². The Morgan fingerprint density at radius 3 is 3.33 bits per heavy atom. The molecular weight excluding hydrogens is 210 g/mol. The summed E-state index contributed by atoms with van der Waals surface area (Å²) in [5.41, 5.74) is 0. The number of anilines is 1. The summed E-state index contributed by atoms with van der Waals surface area (Å²) in [6, 6.07) is 0.437. The van der Waals surface area contributed by atoms with Crippen molar-refractivity contribution in [3.63, 3.8) is 0 Å². The number of rotatable bonds is 3. The molecule has 0 bridgehead atoms. The van der Waals surface area contributed by atoms with E-state index in [1.54, 1.807) is 11.3 Å². The van der Waals surface area contributed by atoms with Gasteiger partial charge in [0.1, 0.15) is 0 Å². The Bertz CT molecular complexity index is 315. The van der Waals surface area contributed by atoms with E-state index in [1.807, 2.05) is 13.2 Å². The summed E-state index contributed by atoms with van der Waals surface area (Å²) >= 11 is 1.76. The third kappa shape index (κ3) is 2.48. The number of morpholine rings is 1. The first-order chi connectivity index (χ1) is 7.31. The first-order valence-electron chi connectivity index (χ1n) is 5.25. The van der Waals surface area contributed by atoms with Crippen molar-refractivity contribution >= 4 is 16.5 Å². The zero-order chi connectivity index (χ0) is 10.7. The van der Waals surface area contributed by atoms with Gasteiger partial charge in [-0.2, -0.15) is 0 Å². The largest absolute Gasteiger partial charge is 0.377 e. The molecule has 1 fully saturated rings. The topological polar surface area (TPSA) is 37.4 Å². The second-order valence-corrected chi connectivity index (χ2v) is 4.85. The minimum Gasteiger partial charge on any atom is -0.377 e. The molecular formula is C10H17N3OS. The predicted octanol–water partition coefficient (Wildman–Crippen LogP) is 1.09. The zero-order valence-electron chi connectivity index (χ0n) is 9.19. The highest BCUT2D eigenvalue weighted by Gasteiger charge is 2.21. The Morgan fingerprint density at radius 2 is 2.60 bits per heavy atom. The molecule has 2 heterocycles. The van der Waals surface area contributed by atoms with E-state index in [0.29, 0.717) is 6.04 Å². The van der Waals surface area contributed by atoms with E-state index >= 15 is 0 Å². The Morgan fingerprint density at radius 1 is 1.73 bits per heavy atom. The van der Waals surface area contributed by atoms with Crippen LogP contribution in [-0.4, -0.2) is 37.8 Å². The molecule has 1 aromatic rings. The number of hydrogen-bond donors (Lipinski definition) is 1. The van der Waals surface area contributed by atoms with Gasteiger partial charge in [0.05, 0.1) is 19.3 Å². The van der Waals surface area contributed by atoms with E-state index in [1.165, 1.54) is 4.88 Å². The molecule has 1 saturated heterocycles. The summed E-state index contributed by atoms with van der Waals surface area (Å²) in [5, 5.41) is 4.26. The van der Waals surface area contributed by atoms with E-state index in [-0.39, 0.29) is 0 Å². The summed E-state index contributed by atoms with van der Waals surface area (Å²) in [4.78, 5) is 8.07. The SMILES string of the molecule is CNCc1cnc(N2CCOCC2C)s1. The van der Waals surface area contributed by atoms with E-state index in [0.717, 1.165) is 31.4 Å². The highest BCUT2D eigenvalue weighted by Crippen LogP contribution is 2.25. The van der Waals surface area contributed by atoms with Gasteiger partial charge < -0.3 is 15.0 Å². The van der Waals surface area contributed by atoms with Gasteiger partial charge >= 0.3 is 0 Å².